The largest absolute Gasteiger partial charge is 0.331 e. The van der Waals surface area contributed by atoms with Crippen molar-refractivity contribution in [3.8, 4) is 16.9 Å². The number of rotatable bonds is 6. The Bertz CT molecular complexity index is 1510. The molecule has 1 aliphatic heterocycles. The highest BCUT2D eigenvalue weighted by atomic mass is 19.2. The number of aromatic nitrogens is 3. The van der Waals surface area contributed by atoms with Crippen molar-refractivity contribution in [2.24, 2.45) is 7.05 Å². The van der Waals surface area contributed by atoms with Crippen LogP contribution in [0.1, 0.15) is 25.3 Å². The number of benzene rings is 1. The minimum Gasteiger partial charge on any atom is -0.331 e. The second-order valence-electron chi connectivity index (χ2n) is 9.62. The van der Waals surface area contributed by atoms with Crippen LogP contribution in [0.15, 0.2) is 76.8 Å². The topological polar surface area (TPSA) is 93.4 Å². The van der Waals surface area contributed by atoms with Crippen LogP contribution in [0, 0.1) is 6.92 Å². The van der Waals surface area contributed by atoms with Gasteiger partial charge in [-0.1, -0.05) is 25.1 Å². The maximum absolute atomic E-state index is 14.0. The molecule has 2 aliphatic rings. The number of anilines is 1. The summed E-state index contributed by atoms with van der Waals surface area (Å²) in [6, 6.07) is 11.6. The van der Waals surface area contributed by atoms with E-state index in [1.807, 2.05) is 44.2 Å². The summed E-state index contributed by atoms with van der Waals surface area (Å²) >= 11 is 0. The molecule has 0 saturated carbocycles. The summed E-state index contributed by atoms with van der Waals surface area (Å²) in [5.74, 6) is -1.24. The van der Waals surface area contributed by atoms with Gasteiger partial charge in [0.15, 0.2) is 5.83 Å². The fourth-order valence-electron chi connectivity index (χ4n) is 4.84. The molecule has 2 aromatic heterocycles. The lowest BCUT2D eigenvalue weighted by molar-refractivity contribution is -0.132. The van der Waals surface area contributed by atoms with E-state index in [2.05, 4.69) is 10.6 Å². The van der Waals surface area contributed by atoms with Crippen molar-refractivity contribution in [2.45, 2.75) is 38.8 Å². The van der Waals surface area contributed by atoms with Crippen LogP contribution < -0.4 is 16.2 Å². The Morgan fingerprint density at radius 1 is 1.18 bits per heavy atom. The molecule has 2 N–H and O–H groups in total. The molecule has 0 bridgehead atoms. The molecule has 3 aromatic rings. The van der Waals surface area contributed by atoms with E-state index in [0.29, 0.717) is 47.7 Å². The van der Waals surface area contributed by atoms with Gasteiger partial charge in [-0.3, -0.25) is 14.9 Å². The van der Waals surface area contributed by atoms with Gasteiger partial charge in [0.25, 0.3) is 5.56 Å². The van der Waals surface area contributed by atoms with Crippen LogP contribution in [0.3, 0.4) is 0 Å². The zero-order valence-electron chi connectivity index (χ0n) is 21.9. The van der Waals surface area contributed by atoms with Crippen molar-refractivity contribution in [1.29, 1.82) is 0 Å². The van der Waals surface area contributed by atoms with Crippen LogP contribution in [0.4, 0.5) is 19.4 Å². The Morgan fingerprint density at radius 3 is 2.64 bits per heavy atom. The lowest BCUT2D eigenvalue weighted by Crippen LogP contribution is -2.45. The second kappa shape index (κ2) is 11.0. The normalized spacial score (nSPS) is 19.8. The number of likely N-dealkylation sites (N-methyl/N-ethyl adjacent to an activating group) is 1. The first-order chi connectivity index (χ1) is 18.7. The van der Waals surface area contributed by atoms with Gasteiger partial charge in [-0.15, -0.1) is 0 Å². The molecule has 1 aromatic carbocycles. The molecule has 3 heterocycles. The third-order valence-corrected chi connectivity index (χ3v) is 7.00. The van der Waals surface area contributed by atoms with E-state index < -0.39 is 29.8 Å². The van der Waals surface area contributed by atoms with Crippen LogP contribution in [-0.2, 0) is 11.9 Å². The minimum absolute atomic E-state index is 0.0383. The fraction of sp³-hybridized carbons (Fsp3) is 0.321. The third kappa shape index (κ3) is 5.41. The van der Waals surface area contributed by atoms with E-state index in [1.54, 1.807) is 29.1 Å². The van der Waals surface area contributed by atoms with Crippen LogP contribution in [-0.4, -0.2) is 50.7 Å². The molecule has 1 aliphatic carbocycles. The van der Waals surface area contributed by atoms with Crippen molar-refractivity contribution < 1.29 is 18.4 Å². The SMILES string of the molecule is CCN1C[C@@H](NC(=O)Nc2c(C)c(-c3ccn(C)c(=O)c3)nn2-c2ccccc2)[C@H](C2=CC(F)=C(F)CC2)O1. The molecule has 9 nitrogen and oxygen atoms in total. The number of urea groups is 1. The number of nitrogens with zero attached hydrogens (tertiary/aromatic N) is 4. The summed E-state index contributed by atoms with van der Waals surface area (Å²) in [6.45, 7) is 4.69. The number of allylic oxidation sites excluding steroid dienone is 3. The van der Waals surface area contributed by atoms with E-state index in [9.17, 15) is 18.4 Å². The summed E-state index contributed by atoms with van der Waals surface area (Å²) in [5.41, 5.74) is 3.00. The van der Waals surface area contributed by atoms with Gasteiger partial charge >= 0.3 is 6.03 Å². The average Bonchev–Trinajstić information content (AvgIpc) is 3.48. The summed E-state index contributed by atoms with van der Waals surface area (Å²) in [4.78, 5) is 31.6. The minimum atomic E-state index is -0.899. The van der Waals surface area contributed by atoms with Crippen molar-refractivity contribution >= 4 is 11.8 Å². The van der Waals surface area contributed by atoms with E-state index in [0.717, 1.165) is 5.69 Å². The predicted octanol–water partition coefficient (Wildman–Crippen LogP) is 4.54. The Hall–Kier alpha value is -4.09. The van der Waals surface area contributed by atoms with Gasteiger partial charge in [-0.05, 0) is 43.2 Å². The quantitative estimate of drug-likeness (QED) is 0.483. The zero-order valence-corrected chi connectivity index (χ0v) is 21.9. The standard InChI is InChI=1S/C28H30F2N6O3/c1-4-35-16-23(26(39-35)19-10-11-21(29)22(30)14-19)31-28(38)32-27-17(2)25(18-12-13-34(3)24(37)15-18)33-36(27)20-8-6-5-7-9-20/h5-9,12-15,23,26H,4,10-11,16H2,1-3H3,(H2,31,32,38)/t23-,26+/m1/s1. The van der Waals surface area contributed by atoms with Crippen molar-refractivity contribution in [3.05, 3.63) is 87.9 Å². The second-order valence-corrected chi connectivity index (χ2v) is 9.62. The van der Waals surface area contributed by atoms with Gasteiger partial charge in [0, 0.05) is 49.9 Å². The van der Waals surface area contributed by atoms with Gasteiger partial charge in [0.1, 0.15) is 17.7 Å². The fourth-order valence-corrected chi connectivity index (χ4v) is 4.84. The Morgan fingerprint density at radius 2 is 1.95 bits per heavy atom. The van der Waals surface area contributed by atoms with E-state index >= 15 is 0 Å². The Labute approximate surface area is 224 Å². The maximum Gasteiger partial charge on any atom is 0.320 e. The van der Waals surface area contributed by atoms with Gasteiger partial charge in [-0.2, -0.15) is 10.2 Å². The zero-order chi connectivity index (χ0) is 27.7. The first-order valence-corrected chi connectivity index (χ1v) is 12.8. The van der Waals surface area contributed by atoms with Crippen LogP contribution in [0.25, 0.3) is 16.9 Å². The Kier molecular flexibility index (Phi) is 7.45. The number of amides is 2. The number of pyridine rings is 1. The van der Waals surface area contributed by atoms with E-state index in [4.69, 9.17) is 9.94 Å². The lowest BCUT2D eigenvalue weighted by atomic mass is 9.94. The van der Waals surface area contributed by atoms with Crippen molar-refractivity contribution in [3.63, 3.8) is 0 Å². The average molecular weight is 537 g/mol. The monoisotopic (exact) mass is 536 g/mol. The molecule has 39 heavy (non-hydrogen) atoms. The molecule has 1 fully saturated rings. The maximum atomic E-state index is 14.0. The number of aryl methyl sites for hydroxylation is 1. The number of hydrogen-bond donors (Lipinski definition) is 2. The van der Waals surface area contributed by atoms with Crippen LogP contribution >= 0.6 is 0 Å². The smallest absolute Gasteiger partial charge is 0.320 e. The number of carbonyl (C=O) groups is 1. The number of hydroxylamine groups is 2. The highest BCUT2D eigenvalue weighted by Crippen LogP contribution is 2.33. The van der Waals surface area contributed by atoms with Crippen molar-refractivity contribution in [2.75, 3.05) is 18.4 Å². The molecule has 0 spiro atoms. The molecule has 11 heteroatoms. The van der Waals surface area contributed by atoms with Gasteiger partial charge in [0.2, 0.25) is 0 Å². The van der Waals surface area contributed by atoms with Crippen molar-refractivity contribution in [1.82, 2.24) is 24.7 Å². The number of nitrogens with one attached hydrogen (secondary N) is 2. The van der Waals surface area contributed by atoms with Crippen LogP contribution in [0.5, 0.6) is 0 Å². The van der Waals surface area contributed by atoms with Gasteiger partial charge < -0.3 is 9.88 Å². The molecule has 204 valence electrons. The van der Waals surface area contributed by atoms with Gasteiger partial charge in [-0.25, -0.2) is 18.3 Å². The molecule has 0 unspecified atom stereocenters. The molecule has 1 saturated heterocycles. The molecule has 5 rings (SSSR count). The summed E-state index contributed by atoms with van der Waals surface area (Å²) in [7, 11) is 1.67. The van der Waals surface area contributed by atoms with Crippen LogP contribution in [0.2, 0.25) is 0 Å². The predicted molar refractivity (Wildman–Crippen MR) is 144 cm³/mol. The highest BCUT2D eigenvalue weighted by Gasteiger charge is 2.38. The third-order valence-electron chi connectivity index (χ3n) is 7.00. The molecule has 0 radical (unpaired) electrons. The molecule has 2 amide bonds. The molecular formula is C28H30F2N6O3. The van der Waals surface area contributed by atoms with E-state index in [-0.39, 0.29) is 12.0 Å². The number of hydrogen-bond acceptors (Lipinski definition) is 5. The molecular weight excluding hydrogens is 506 g/mol. The summed E-state index contributed by atoms with van der Waals surface area (Å²) in [5, 5.41) is 12.3. The highest BCUT2D eigenvalue weighted by molar-refractivity contribution is 5.91. The summed E-state index contributed by atoms with van der Waals surface area (Å²) < 4.78 is 30.7. The first-order valence-electron chi connectivity index (χ1n) is 12.8. The number of carbonyl (C=O) groups excluding carboxylic acids is 1. The first kappa shape index (κ1) is 26.5. The Balaban J connectivity index is 1.44. The summed E-state index contributed by atoms with van der Waals surface area (Å²) in [6.07, 6.45) is 2.48. The lowest BCUT2D eigenvalue weighted by Gasteiger charge is -2.23. The van der Waals surface area contributed by atoms with E-state index in [1.165, 1.54) is 16.7 Å². The number of halogens is 2. The number of para-hydroxylation sites is 1. The molecule has 2 atom stereocenters. The van der Waals surface area contributed by atoms with Gasteiger partial charge in [0.05, 0.1) is 17.4 Å².